The lowest BCUT2D eigenvalue weighted by Gasteiger charge is -2.40. The molecule has 0 aromatic heterocycles. The molecule has 0 radical (unpaired) electrons. The largest absolute Gasteiger partial charge is 0.377 e. The highest BCUT2D eigenvalue weighted by atomic mass is 32.2. The van der Waals surface area contributed by atoms with Gasteiger partial charge in [0.25, 0.3) is 0 Å². The number of hydrogen-bond acceptors (Lipinski definition) is 3. The van der Waals surface area contributed by atoms with E-state index in [9.17, 15) is 0 Å². The van der Waals surface area contributed by atoms with Crippen LogP contribution in [0.2, 0.25) is 0 Å². The van der Waals surface area contributed by atoms with E-state index in [1.54, 1.807) is 0 Å². The Morgan fingerprint density at radius 1 is 1.27 bits per heavy atom. The number of nitrogens with zero attached hydrogens (tertiary/aromatic N) is 1. The lowest BCUT2D eigenvalue weighted by Crippen LogP contribution is -2.50. The van der Waals surface area contributed by atoms with Crippen molar-refractivity contribution >= 4 is 17.7 Å². The van der Waals surface area contributed by atoms with Crippen molar-refractivity contribution in [3.05, 3.63) is 0 Å². The smallest absolute Gasteiger partial charge is 0.191 e. The number of aliphatic imine (C=N–C) groups is 1. The van der Waals surface area contributed by atoms with Gasteiger partial charge in [0, 0.05) is 37.9 Å². The van der Waals surface area contributed by atoms with Crippen LogP contribution >= 0.6 is 11.8 Å². The molecule has 0 bridgehead atoms. The van der Waals surface area contributed by atoms with Crippen molar-refractivity contribution in [3.8, 4) is 0 Å². The van der Waals surface area contributed by atoms with E-state index in [1.165, 1.54) is 37.2 Å². The molecule has 2 N–H and O–H groups in total. The highest BCUT2D eigenvalue weighted by molar-refractivity contribution is 7.99. The summed E-state index contributed by atoms with van der Waals surface area (Å²) >= 11 is 2.04. The van der Waals surface area contributed by atoms with E-state index in [-0.39, 0.29) is 5.41 Å². The lowest BCUT2D eigenvalue weighted by atomic mass is 9.78. The summed E-state index contributed by atoms with van der Waals surface area (Å²) in [6.07, 6.45) is 5.31. The molecule has 2 aliphatic heterocycles. The Labute approximate surface area is 140 Å². The Kier molecular flexibility index (Phi) is 6.87. The van der Waals surface area contributed by atoms with Crippen LogP contribution in [0.1, 0.15) is 46.5 Å². The van der Waals surface area contributed by atoms with Gasteiger partial charge in [-0.15, -0.1) is 0 Å². The van der Waals surface area contributed by atoms with Gasteiger partial charge in [-0.05, 0) is 36.9 Å². The molecule has 2 aliphatic rings. The minimum absolute atomic E-state index is 0.198. The highest BCUT2D eigenvalue weighted by Gasteiger charge is 2.35. The average molecular weight is 328 g/mol. The van der Waals surface area contributed by atoms with E-state index in [0.29, 0.717) is 18.1 Å². The highest BCUT2D eigenvalue weighted by Crippen LogP contribution is 2.33. The van der Waals surface area contributed by atoms with Gasteiger partial charge in [0.05, 0.1) is 6.10 Å². The minimum atomic E-state index is 0.198. The molecule has 0 aromatic rings. The molecule has 2 fully saturated rings. The van der Waals surface area contributed by atoms with Gasteiger partial charge in [-0.3, -0.25) is 4.99 Å². The molecule has 5 heteroatoms. The van der Waals surface area contributed by atoms with Crippen LogP contribution in [0.5, 0.6) is 0 Å². The maximum atomic E-state index is 6.07. The Balaban J connectivity index is 1.83. The molecule has 0 spiro atoms. The molecule has 0 aromatic carbocycles. The number of ether oxygens (including phenoxy) is 1. The van der Waals surface area contributed by atoms with Gasteiger partial charge in [-0.2, -0.15) is 11.8 Å². The Morgan fingerprint density at radius 3 is 2.73 bits per heavy atom. The van der Waals surface area contributed by atoms with Crippen molar-refractivity contribution in [1.29, 1.82) is 0 Å². The van der Waals surface area contributed by atoms with E-state index in [4.69, 9.17) is 4.74 Å². The molecule has 2 rings (SSSR count). The first-order valence-electron chi connectivity index (χ1n) is 8.67. The van der Waals surface area contributed by atoms with Crippen molar-refractivity contribution in [2.24, 2.45) is 16.3 Å². The van der Waals surface area contributed by atoms with Gasteiger partial charge < -0.3 is 15.4 Å². The van der Waals surface area contributed by atoms with Crippen LogP contribution in [0.4, 0.5) is 0 Å². The second kappa shape index (κ2) is 8.44. The molecule has 3 atom stereocenters. The monoisotopic (exact) mass is 327 g/mol. The van der Waals surface area contributed by atoms with Crippen LogP contribution in [-0.2, 0) is 4.74 Å². The third-order valence-electron chi connectivity index (χ3n) is 4.55. The summed E-state index contributed by atoms with van der Waals surface area (Å²) in [7, 11) is 1.86. The summed E-state index contributed by atoms with van der Waals surface area (Å²) in [6, 6.07) is 0.561. The fourth-order valence-corrected chi connectivity index (χ4v) is 4.55. The van der Waals surface area contributed by atoms with Crippen LogP contribution in [0.15, 0.2) is 4.99 Å². The Morgan fingerprint density at radius 2 is 2.09 bits per heavy atom. The van der Waals surface area contributed by atoms with Gasteiger partial charge in [0.1, 0.15) is 0 Å². The summed E-state index contributed by atoms with van der Waals surface area (Å²) in [5.74, 6) is 4.01. The fraction of sp³-hybridized carbons (Fsp3) is 0.941. The second-order valence-corrected chi connectivity index (χ2v) is 8.72. The molecule has 0 amide bonds. The summed E-state index contributed by atoms with van der Waals surface area (Å²) < 4.78 is 6.07. The van der Waals surface area contributed by atoms with Crippen molar-refractivity contribution < 1.29 is 4.74 Å². The Hall–Kier alpha value is -0.420. The first-order valence-corrected chi connectivity index (χ1v) is 9.82. The number of nitrogens with one attached hydrogen (secondary N) is 2. The van der Waals surface area contributed by atoms with Crippen LogP contribution in [0, 0.1) is 11.3 Å². The molecule has 128 valence electrons. The molecule has 2 saturated heterocycles. The van der Waals surface area contributed by atoms with Crippen molar-refractivity contribution in [2.75, 3.05) is 31.7 Å². The van der Waals surface area contributed by atoms with Gasteiger partial charge in [-0.25, -0.2) is 0 Å². The van der Waals surface area contributed by atoms with E-state index in [1.807, 2.05) is 18.8 Å². The van der Waals surface area contributed by atoms with E-state index in [2.05, 4.69) is 36.4 Å². The number of hydrogen-bond donors (Lipinski definition) is 2. The number of thioether (sulfide) groups is 1. The fourth-order valence-electron chi connectivity index (χ4n) is 3.48. The molecule has 0 aliphatic carbocycles. The third-order valence-corrected chi connectivity index (χ3v) is 5.77. The van der Waals surface area contributed by atoms with Crippen LogP contribution < -0.4 is 10.6 Å². The van der Waals surface area contributed by atoms with Crippen molar-refractivity contribution in [3.63, 3.8) is 0 Å². The van der Waals surface area contributed by atoms with Crippen molar-refractivity contribution in [1.82, 2.24) is 10.6 Å². The molecular formula is C17H33N3OS. The molecule has 0 saturated carbocycles. The molecule has 4 nitrogen and oxygen atoms in total. The lowest BCUT2D eigenvalue weighted by molar-refractivity contribution is -0.0835. The third kappa shape index (κ3) is 5.34. The Bertz CT molecular complexity index is 361. The predicted molar refractivity (Wildman–Crippen MR) is 96.8 cm³/mol. The van der Waals surface area contributed by atoms with Crippen LogP contribution in [0.3, 0.4) is 0 Å². The molecule has 2 heterocycles. The zero-order chi connectivity index (χ0) is 16.0. The summed E-state index contributed by atoms with van der Waals surface area (Å²) in [5.41, 5.74) is 0.198. The standard InChI is InChI=1S/C17H33N3OS/c1-17(2,3)15-13(7-5-9-21-15)11-19-16(18-4)20-14-8-6-10-22-12-14/h13-15H,5-12H2,1-4H3,(H2,18,19,20). The second-order valence-electron chi connectivity index (χ2n) is 7.57. The SMILES string of the molecule is CN=C(NCC1CCCOC1C(C)(C)C)NC1CCCSC1. The number of rotatable bonds is 3. The van der Waals surface area contributed by atoms with E-state index >= 15 is 0 Å². The molecule has 22 heavy (non-hydrogen) atoms. The van der Waals surface area contributed by atoms with Crippen LogP contribution in [-0.4, -0.2) is 49.8 Å². The van der Waals surface area contributed by atoms with E-state index in [0.717, 1.165) is 19.1 Å². The van der Waals surface area contributed by atoms with Gasteiger partial charge in [0.15, 0.2) is 5.96 Å². The number of guanidine groups is 1. The molecule has 3 unspecified atom stereocenters. The minimum Gasteiger partial charge on any atom is -0.377 e. The van der Waals surface area contributed by atoms with E-state index < -0.39 is 0 Å². The quantitative estimate of drug-likeness (QED) is 0.618. The summed E-state index contributed by atoms with van der Waals surface area (Å²) in [6.45, 7) is 8.69. The maximum absolute atomic E-state index is 6.07. The topological polar surface area (TPSA) is 45.7 Å². The predicted octanol–water partition coefficient (Wildman–Crippen LogP) is 2.89. The first-order chi connectivity index (χ1) is 10.5. The normalized spacial score (nSPS) is 30.9. The van der Waals surface area contributed by atoms with Gasteiger partial charge in [-0.1, -0.05) is 20.8 Å². The average Bonchev–Trinajstić information content (AvgIpc) is 2.52. The van der Waals surface area contributed by atoms with Crippen LogP contribution in [0.25, 0.3) is 0 Å². The summed E-state index contributed by atoms with van der Waals surface area (Å²) in [5, 5.41) is 7.11. The summed E-state index contributed by atoms with van der Waals surface area (Å²) in [4.78, 5) is 4.40. The maximum Gasteiger partial charge on any atom is 0.191 e. The zero-order valence-electron chi connectivity index (χ0n) is 14.7. The van der Waals surface area contributed by atoms with Gasteiger partial charge in [0.2, 0.25) is 0 Å². The first kappa shape index (κ1) is 17.9. The van der Waals surface area contributed by atoms with Gasteiger partial charge >= 0.3 is 0 Å². The zero-order valence-corrected chi connectivity index (χ0v) is 15.5. The van der Waals surface area contributed by atoms with Crippen molar-refractivity contribution in [2.45, 2.75) is 58.6 Å². The molecular weight excluding hydrogens is 294 g/mol.